The summed E-state index contributed by atoms with van der Waals surface area (Å²) in [6, 6.07) is 0. The normalized spacial score (nSPS) is 15.5. The number of nitrogens with one attached hydrogen (secondary N) is 1. The van der Waals surface area contributed by atoms with Crippen molar-refractivity contribution in [1.82, 2.24) is 5.48 Å². The highest BCUT2D eigenvalue weighted by Gasteiger charge is 2.24. The summed E-state index contributed by atoms with van der Waals surface area (Å²) >= 11 is 0. The molecule has 21 heavy (non-hydrogen) atoms. The van der Waals surface area contributed by atoms with E-state index in [4.69, 9.17) is 9.68 Å². The molecular formula is C15H21N3O3. The molecule has 0 saturated carbocycles. The third kappa shape index (κ3) is 2.71. The van der Waals surface area contributed by atoms with E-state index in [-0.39, 0.29) is 5.75 Å². The number of phenolic OH excluding ortho intramolecular Hbond substituents is 1. The van der Waals surface area contributed by atoms with E-state index in [0.717, 1.165) is 22.3 Å². The van der Waals surface area contributed by atoms with Gasteiger partial charge in [0.25, 0.3) is 0 Å². The van der Waals surface area contributed by atoms with Gasteiger partial charge in [0.05, 0.1) is 18.7 Å². The molecule has 6 nitrogen and oxygen atoms in total. The zero-order valence-corrected chi connectivity index (χ0v) is 13.1. The minimum absolute atomic E-state index is 0.196. The number of aliphatic imine (C=N–C) groups is 1. The number of benzene rings is 1. The Labute approximate surface area is 124 Å². The zero-order valence-electron chi connectivity index (χ0n) is 13.1. The smallest absolute Gasteiger partial charge is 0.175 e. The molecule has 0 amide bonds. The lowest BCUT2D eigenvalue weighted by molar-refractivity contribution is 0.0836. The van der Waals surface area contributed by atoms with Gasteiger partial charge in [0.15, 0.2) is 11.5 Å². The van der Waals surface area contributed by atoms with Gasteiger partial charge < -0.3 is 9.94 Å². The molecule has 0 saturated heterocycles. The van der Waals surface area contributed by atoms with Crippen molar-refractivity contribution in [3.05, 3.63) is 27.8 Å². The second-order valence-corrected chi connectivity index (χ2v) is 5.03. The largest absolute Gasteiger partial charge is 0.507 e. The molecule has 0 spiro atoms. The molecule has 0 unspecified atom stereocenters. The van der Waals surface area contributed by atoms with Crippen molar-refractivity contribution in [1.29, 1.82) is 0 Å². The van der Waals surface area contributed by atoms with E-state index in [1.807, 2.05) is 27.7 Å². The van der Waals surface area contributed by atoms with Crippen LogP contribution >= 0.6 is 0 Å². The molecule has 0 bridgehead atoms. The van der Waals surface area contributed by atoms with Crippen molar-refractivity contribution in [2.45, 2.75) is 27.7 Å². The number of amidine groups is 1. The molecule has 1 aliphatic rings. The van der Waals surface area contributed by atoms with Gasteiger partial charge in [-0.1, -0.05) is 5.16 Å². The SMILES string of the molecule is CO/N=C(/C1=NCCON1)c1c(C)c(C)c(C)c(C)c1O. The van der Waals surface area contributed by atoms with Crippen LogP contribution in [0.3, 0.4) is 0 Å². The third-order valence-electron chi connectivity index (χ3n) is 3.93. The van der Waals surface area contributed by atoms with Gasteiger partial charge in [-0.2, -0.15) is 0 Å². The lowest BCUT2D eigenvalue weighted by atomic mass is 9.90. The van der Waals surface area contributed by atoms with Crippen LogP contribution in [0, 0.1) is 27.7 Å². The summed E-state index contributed by atoms with van der Waals surface area (Å²) in [5, 5.41) is 14.6. The maximum absolute atomic E-state index is 10.6. The number of rotatable bonds is 3. The van der Waals surface area contributed by atoms with Gasteiger partial charge in [0.2, 0.25) is 0 Å². The van der Waals surface area contributed by atoms with Gasteiger partial charge in [-0.25, -0.2) is 5.48 Å². The van der Waals surface area contributed by atoms with Gasteiger partial charge in [-0.15, -0.1) is 0 Å². The van der Waals surface area contributed by atoms with E-state index in [1.54, 1.807) is 0 Å². The van der Waals surface area contributed by atoms with Crippen LogP contribution in [0.2, 0.25) is 0 Å². The summed E-state index contributed by atoms with van der Waals surface area (Å²) in [5.74, 6) is 0.658. The van der Waals surface area contributed by atoms with Crippen LogP contribution < -0.4 is 5.48 Å². The van der Waals surface area contributed by atoms with Crippen molar-refractivity contribution in [3.8, 4) is 5.75 Å². The predicted molar refractivity (Wildman–Crippen MR) is 82.0 cm³/mol. The average molecular weight is 291 g/mol. The Bertz CT molecular complexity index is 592. The van der Waals surface area contributed by atoms with Gasteiger partial charge in [-0.05, 0) is 49.9 Å². The first-order valence-corrected chi connectivity index (χ1v) is 6.82. The van der Waals surface area contributed by atoms with Crippen LogP contribution in [-0.4, -0.2) is 36.9 Å². The molecule has 0 aromatic heterocycles. The van der Waals surface area contributed by atoms with Crippen LogP contribution in [0.4, 0.5) is 0 Å². The molecule has 1 aromatic carbocycles. The van der Waals surface area contributed by atoms with Crippen LogP contribution in [0.1, 0.15) is 27.8 Å². The molecular weight excluding hydrogens is 270 g/mol. The number of nitrogens with zero attached hydrogens (tertiary/aromatic N) is 2. The first-order chi connectivity index (χ1) is 9.99. The third-order valence-corrected chi connectivity index (χ3v) is 3.93. The Morgan fingerprint density at radius 3 is 2.43 bits per heavy atom. The fourth-order valence-electron chi connectivity index (χ4n) is 2.36. The van der Waals surface area contributed by atoms with Gasteiger partial charge in [0.1, 0.15) is 12.9 Å². The van der Waals surface area contributed by atoms with E-state index in [0.29, 0.717) is 30.3 Å². The van der Waals surface area contributed by atoms with Gasteiger partial charge in [-0.3, -0.25) is 9.83 Å². The summed E-state index contributed by atoms with van der Waals surface area (Å²) in [5.41, 5.74) is 7.76. The summed E-state index contributed by atoms with van der Waals surface area (Å²) in [6.45, 7) is 8.89. The highest BCUT2D eigenvalue weighted by Crippen LogP contribution is 2.32. The number of aromatic hydroxyl groups is 1. The van der Waals surface area contributed by atoms with Gasteiger partial charge >= 0.3 is 0 Å². The predicted octanol–water partition coefficient (Wildman–Crippen LogP) is 1.91. The second-order valence-electron chi connectivity index (χ2n) is 5.03. The lowest BCUT2D eigenvalue weighted by Crippen LogP contribution is -2.37. The fraction of sp³-hybridized carbons (Fsp3) is 0.467. The average Bonchev–Trinajstić information content (AvgIpc) is 2.51. The van der Waals surface area contributed by atoms with Crippen molar-refractivity contribution in [2.24, 2.45) is 10.1 Å². The van der Waals surface area contributed by atoms with Gasteiger partial charge in [0, 0.05) is 0 Å². The summed E-state index contributed by atoms with van der Waals surface area (Å²) in [6.07, 6.45) is 0. The maximum Gasteiger partial charge on any atom is 0.175 e. The molecule has 1 aromatic rings. The van der Waals surface area contributed by atoms with Crippen LogP contribution in [0.5, 0.6) is 5.75 Å². The van der Waals surface area contributed by atoms with E-state index in [9.17, 15) is 5.11 Å². The second kappa shape index (κ2) is 6.13. The summed E-state index contributed by atoms with van der Waals surface area (Å²) < 4.78 is 0. The topological polar surface area (TPSA) is 75.4 Å². The number of hydrogen-bond donors (Lipinski definition) is 2. The monoisotopic (exact) mass is 291 g/mol. The quantitative estimate of drug-likeness (QED) is 0.659. The summed E-state index contributed by atoms with van der Waals surface area (Å²) in [4.78, 5) is 14.5. The van der Waals surface area contributed by atoms with Crippen molar-refractivity contribution < 1.29 is 14.8 Å². The molecule has 1 aliphatic heterocycles. The Hall–Kier alpha value is -2.08. The molecule has 1 heterocycles. The maximum atomic E-state index is 10.6. The molecule has 2 rings (SSSR count). The molecule has 114 valence electrons. The van der Waals surface area contributed by atoms with Crippen LogP contribution in [-0.2, 0) is 9.68 Å². The minimum Gasteiger partial charge on any atom is -0.507 e. The van der Waals surface area contributed by atoms with Crippen LogP contribution in [0.15, 0.2) is 10.1 Å². The van der Waals surface area contributed by atoms with E-state index >= 15 is 0 Å². The molecule has 6 heteroatoms. The van der Waals surface area contributed by atoms with Crippen LogP contribution in [0.25, 0.3) is 0 Å². The standard InChI is InChI=1S/C15H21N3O3/c1-8-9(2)11(4)14(19)12(10(8)3)13(17-20-5)15-16-6-7-21-18-15/h19H,6-7H2,1-5H3,(H,16,18)/b17-13+. The van der Waals surface area contributed by atoms with E-state index in [1.165, 1.54) is 7.11 Å². The number of hydrogen-bond acceptors (Lipinski definition) is 6. The lowest BCUT2D eigenvalue weighted by Gasteiger charge is -2.21. The Kier molecular flexibility index (Phi) is 4.47. The molecule has 0 radical (unpaired) electrons. The first kappa shape index (κ1) is 15.3. The highest BCUT2D eigenvalue weighted by atomic mass is 16.6. The van der Waals surface area contributed by atoms with E-state index in [2.05, 4.69) is 15.6 Å². The zero-order chi connectivity index (χ0) is 15.6. The Morgan fingerprint density at radius 2 is 1.86 bits per heavy atom. The summed E-state index contributed by atoms with van der Waals surface area (Å²) in [7, 11) is 1.46. The number of phenols is 1. The first-order valence-electron chi connectivity index (χ1n) is 6.82. The Balaban J connectivity index is 2.67. The molecule has 0 atom stereocenters. The van der Waals surface area contributed by atoms with Crippen molar-refractivity contribution in [2.75, 3.05) is 20.3 Å². The molecule has 0 aliphatic carbocycles. The van der Waals surface area contributed by atoms with Crippen molar-refractivity contribution in [3.63, 3.8) is 0 Å². The molecule has 0 fully saturated rings. The number of oxime groups is 1. The Morgan fingerprint density at radius 1 is 1.19 bits per heavy atom. The number of hydroxylamine groups is 1. The van der Waals surface area contributed by atoms with Crippen molar-refractivity contribution >= 4 is 11.5 Å². The molecule has 2 N–H and O–H groups in total. The minimum atomic E-state index is 0.196. The van der Waals surface area contributed by atoms with E-state index < -0.39 is 0 Å². The highest BCUT2D eigenvalue weighted by molar-refractivity contribution is 6.48. The fourth-order valence-corrected chi connectivity index (χ4v) is 2.36.